The summed E-state index contributed by atoms with van der Waals surface area (Å²) in [7, 11) is 0. The highest BCUT2D eigenvalue weighted by Crippen LogP contribution is 2.62. The van der Waals surface area contributed by atoms with Gasteiger partial charge in [0.15, 0.2) is 0 Å². The average molecular weight is 793 g/mol. The molecule has 1 nitrogen and oxygen atoms in total. The van der Waals surface area contributed by atoms with Crippen molar-refractivity contribution < 1.29 is 0 Å². The molecule has 0 heterocycles. The summed E-state index contributed by atoms with van der Waals surface area (Å²) in [6, 6.07) is 58.3. The highest BCUT2D eigenvalue weighted by molar-refractivity contribution is 9.10. The number of halogens is 1. The van der Waals surface area contributed by atoms with Gasteiger partial charge in [-0.25, -0.2) is 0 Å². The van der Waals surface area contributed by atoms with Crippen LogP contribution in [-0.2, 0) is 16.2 Å². The van der Waals surface area contributed by atoms with Crippen LogP contribution in [0.25, 0.3) is 44.5 Å². The maximum Gasteiger partial charge on any atom is 0.0465 e. The van der Waals surface area contributed by atoms with Crippen LogP contribution in [-0.4, -0.2) is 0 Å². The lowest BCUT2D eigenvalue weighted by molar-refractivity contribution is 0.125. The van der Waals surface area contributed by atoms with Gasteiger partial charge in [0.05, 0.1) is 0 Å². The fraction of sp³-hybridized carbons (Fsp3) is 0.222. The lowest BCUT2D eigenvalue weighted by Crippen LogP contribution is -2.42. The van der Waals surface area contributed by atoms with Gasteiger partial charge in [0, 0.05) is 26.9 Å². The Morgan fingerprint density at radius 3 is 1.29 bits per heavy atom. The van der Waals surface area contributed by atoms with E-state index in [1.54, 1.807) is 0 Å². The molecule has 9 rings (SSSR count). The third kappa shape index (κ3) is 5.47. The van der Waals surface area contributed by atoms with Crippen molar-refractivity contribution >= 4 is 33.0 Å². The van der Waals surface area contributed by atoms with Crippen LogP contribution in [0.15, 0.2) is 162 Å². The van der Waals surface area contributed by atoms with Crippen molar-refractivity contribution in [3.05, 3.63) is 184 Å². The molecule has 0 N–H and O–H groups in total. The molecule has 2 aliphatic rings. The van der Waals surface area contributed by atoms with Crippen LogP contribution in [0.3, 0.4) is 0 Å². The molecule has 56 heavy (non-hydrogen) atoms. The molecule has 0 atom stereocenters. The predicted octanol–water partition coefficient (Wildman–Crippen LogP) is 15.8. The Kier molecular flexibility index (Phi) is 8.42. The van der Waals surface area contributed by atoms with Crippen LogP contribution < -0.4 is 4.90 Å². The van der Waals surface area contributed by atoms with Crippen LogP contribution >= 0.6 is 15.9 Å². The fourth-order valence-corrected chi connectivity index (χ4v) is 10.2. The van der Waals surface area contributed by atoms with Crippen molar-refractivity contribution in [2.75, 3.05) is 4.90 Å². The van der Waals surface area contributed by atoms with Crippen molar-refractivity contribution in [3.8, 4) is 44.5 Å². The topological polar surface area (TPSA) is 3.24 Å². The summed E-state index contributed by atoms with van der Waals surface area (Å²) in [5.41, 5.74) is 19.1. The molecule has 0 spiro atoms. The SMILES string of the molecule is CC1(C)c2cc(-c3cc4c(cc3Br)C(C)(C)C(C)(C)C4(C)C)ccc2-c2ccc(N(c3ccc(-c4ccccc4)cc3)c3ccc(-c4ccccc4)cc3)cc21. The number of fused-ring (bicyclic) bond motifs is 4. The fourth-order valence-electron chi connectivity index (χ4n) is 9.63. The van der Waals surface area contributed by atoms with Crippen LogP contribution in [0, 0.1) is 5.41 Å². The van der Waals surface area contributed by atoms with Gasteiger partial charge >= 0.3 is 0 Å². The van der Waals surface area contributed by atoms with Gasteiger partial charge in [0.25, 0.3) is 0 Å². The minimum atomic E-state index is -0.191. The monoisotopic (exact) mass is 791 g/mol. The summed E-state index contributed by atoms with van der Waals surface area (Å²) in [5.74, 6) is 0. The van der Waals surface area contributed by atoms with E-state index in [2.05, 4.69) is 234 Å². The summed E-state index contributed by atoms with van der Waals surface area (Å²) in [6.45, 7) is 19.3. The molecule has 2 heteroatoms. The zero-order valence-corrected chi connectivity index (χ0v) is 35.4. The molecule has 0 bridgehead atoms. The van der Waals surface area contributed by atoms with Gasteiger partial charge in [-0.15, -0.1) is 0 Å². The molecular formula is C54H50BrN. The summed E-state index contributed by atoms with van der Waals surface area (Å²) in [5, 5.41) is 0. The van der Waals surface area contributed by atoms with Crippen LogP contribution in [0.1, 0.15) is 77.6 Å². The molecule has 278 valence electrons. The molecule has 0 aromatic heterocycles. The van der Waals surface area contributed by atoms with Gasteiger partial charge in [-0.05, 0) is 138 Å². The van der Waals surface area contributed by atoms with E-state index in [-0.39, 0.29) is 21.7 Å². The normalized spacial score (nSPS) is 16.5. The molecule has 2 aliphatic carbocycles. The summed E-state index contributed by atoms with van der Waals surface area (Å²) in [6.07, 6.45) is 0. The minimum absolute atomic E-state index is 0.0412. The first-order valence-corrected chi connectivity index (χ1v) is 20.7. The summed E-state index contributed by atoms with van der Waals surface area (Å²) < 4.78 is 1.17. The molecule has 0 unspecified atom stereocenters. The van der Waals surface area contributed by atoms with Crippen LogP contribution in [0.5, 0.6) is 0 Å². The van der Waals surface area contributed by atoms with E-state index in [1.807, 2.05) is 0 Å². The maximum atomic E-state index is 4.05. The zero-order chi connectivity index (χ0) is 39.2. The molecule has 7 aromatic carbocycles. The van der Waals surface area contributed by atoms with Crippen LogP contribution in [0.4, 0.5) is 17.1 Å². The highest BCUT2D eigenvalue weighted by atomic mass is 79.9. The molecule has 0 aliphatic heterocycles. The lowest BCUT2D eigenvalue weighted by atomic mass is 9.59. The van der Waals surface area contributed by atoms with Crippen molar-refractivity contribution in [1.29, 1.82) is 0 Å². The number of hydrogen-bond acceptors (Lipinski definition) is 1. The Morgan fingerprint density at radius 2 is 0.768 bits per heavy atom. The van der Waals surface area contributed by atoms with Crippen molar-refractivity contribution in [2.24, 2.45) is 5.41 Å². The Hall–Kier alpha value is -5.18. The van der Waals surface area contributed by atoms with Gasteiger partial charge in [-0.3, -0.25) is 0 Å². The molecule has 7 aromatic rings. The average Bonchev–Trinajstić information content (AvgIpc) is 3.48. The number of rotatable bonds is 6. The third-order valence-electron chi connectivity index (χ3n) is 14.3. The first kappa shape index (κ1) is 36.5. The van der Waals surface area contributed by atoms with E-state index in [0.717, 1.165) is 17.1 Å². The second kappa shape index (κ2) is 12.9. The zero-order valence-electron chi connectivity index (χ0n) is 33.8. The van der Waals surface area contributed by atoms with Gasteiger partial charge in [0.1, 0.15) is 0 Å². The Balaban J connectivity index is 1.12. The quantitative estimate of drug-likeness (QED) is 0.162. The molecule has 0 saturated heterocycles. The van der Waals surface area contributed by atoms with Gasteiger partial charge < -0.3 is 4.90 Å². The Labute approximate surface area is 342 Å². The minimum Gasteiger partial charge on any atom is -0.310 e. The second-order valence-corrected chi connectivity index (χ2v) is 18.9. The predicted molar refractivity (Wildman–Crippen MR) is 243 cm³/mol. The van der Waals surface area contributed by atoms with E-state index >= 15 is 0 Å². The van der Waals surface area contributed by atoms with E-state index in [9.17, 15) is 0 Å². The van der Waals surface area contributed by atoms with Crippen molar-refractivity contribution in [2.45, 2.75) is 71.6 Å². The van der Waals surface area contributed by atoms with Gasteiger partial charge in [-0.1, -0.05) is 174 Å². The molecule has 0 amide bonds. The molecular weight excluding hydrogens is 743 g/mol. The largest absolute Gasteiger partial charge is 0.310 e. The number of benzene rings is 7. The third-order valence-corrected chi connectivity index (χ3v) is 14.9. The first-order valence-electron chi connectivity index (χ1n) is 20.0. The first-order chi connectivity index (χ1) is 26.7. The second-order valence-electron chi connectivity index (χ2n) is 18.0. The lowest BCUT2D eigenvalue weighted by Gasteiger charge is -2.44. The summed E-state index contributed by atoms with van der Waals surface area (Å²) >= 11 is 4.05. The van der Waals surface area contributed by atoms with Crippen LogP contribution in [0.2, 0.25) is 0 Å². The maximum absolute atomic E-state index is 4.05. The summed E-state index contributed by atoms with van der Waals surface area (Å²) in [4.78, 5) is 2.40. The van der Waals surface area contributed by atoms with E-state index in [1.165, 1.54) is 71.2 Å². The molecule has 0 radical (unpaired) electrons. The van der Waals surface area contributed by atoms with E-state index in [0.29, 0.717) is 0 Å². The van der Waals surface area contributed by atoms with E-state index in [4.69, 9.17) is 0 Å². The van der Waals surface area contributed by atoms with Gasteiger partial charge in [0.2, 0.25) is 0 Å². The van der Waals surface area contributed by atoms with Gasteiger partial charge in [-0.2, -0.15) is 0 Å². The Morgan fingerprint density at radius 1 is 0.357 bits per heavy atom. The molecule has 0 saturated carbocycles. The smallest absolute Gasteiger partial charge is 0.0465 e. The number of nitrogens with zero attached hydrogens (tertiary/aromatic N) is 1. The highest BCUT2D eigenvalue weighted by Gasteiger charge is 2.57. The molecule has 0 fully saturated rings. The van der Waals surface area contributed by atoms with Crippen molar-refractivity contribution in [1.82, 2.24) is 0 Å². The Bertz CT molecular complexity index is 2530. The van der Waals surface area contributed by atoms with E-state index < -0.39 is 0 Å². The van der Waals surface area contributed by atoms with Crippen molar-refractivity contribution in [3.63, 3.8) is 0 Å². The standard InChI is InChI=1S/C54H50BrN/c1-51(2)46-31-39(45-33-48-49(34-50(45)55)53(5,6)54(7,8)52(48,3)4)23-29-43(46)44-30-28-42(32-47(44)51)56(40-24-19-37(20-25-40)35-15-11-9-12-16-35)41-26-21-38(22-27-41)36-17-13-10-14-18-36/h9-34H,1-8H3. The number of hydrogen-bond donors (Lipinski definition) is 0. The number of anilines is 3.